The lowest BCUT2D eigenvalue weighted by Gasteiger charge is -2.01. The smallest absolute Gasteiger partial charge is 0.220 e. The summed E-state index contributed by atoms with van der Waals surface area (Å²) in [5, 5.41) is 2.50. The SMILES string of the molecule is CN=C(N)NC(N)=NCN=C(N)N=C(N)N. The number of aliphatic imine (C=N–C) groups is 4. The highest BCUT2D eigenvalue weighted by Crippen LogP contribution is 1.76. The van der Waals surface area contributed by atoms with Gasteiger partial charge in [-0.2, -0.15) is 4.99 Å². The molecule has 0 aromatic carbocycles. The highest BCUT2D eigenvalue weighted by atomic mass is 15.2. The minimum Gasteiger partial charge on any atom is -0.370 e. The molecule has 0 rings (SSSR count). The van der Waals surface area contributed by atoms with Gasteiger partial charge in [-0.25, -0.2) is 9.98 Å². The number of hydrogen-bond acceptors (Lipinski definition) is 3. The molecule has 0 saturated carbocycles. The molecular formula is C6H16N10. The van der Waals surface area contributed by atoms with E-state index in [1.807, 2.05) is 0 Å². The van der Waals surface area contributed by atoms with Gasteiger partial charge >= 0.3 is 0 Å². The van der Waals surface area contributed by atoms with Gasteiger partial charge in [0.1, 0.15) is 6.67 Å². The Morgan fingerprint density at radius 3 is 2.12 bits per heavy atom. The maximum Gasteiger partial charge on any atom is 0.220 e. The molecule has 10 heteroatoms. The van der Waals surface area contributed by atoms with Crippen LogP contribution >= 0.6 is 0 Å². The Morgan fingerprint density at radius 2 is 1.62 bits per heavy atom. The average Bonchev–Trinajstić information content (AvgIpc) is 2.16. The van der Waals surface area contributed by atoms with E-state index in [0.29, 0.717) is 0 Å². The average molecular weight is 228 g/mol. The highest BCUT2D eigenvalue weighted by Gasteiger charge is 1.92. The highest BCUT2D eigenvalue weighted by molar-refractivity contribution is 5.97. The van der Waals surface area contributed by atoms with Crippen molar-refractivity contribution in [1.29, 1.82) is 0 Å². The van der Waals surface area contributed by atoms with Crippen molar-refractivity contribution < 1.29 is 0 Å². The van der Waals surface area contributed by atoms with E-state index in [9.17, 15) is 0 Å². The molecule has 11 N–H and O–H groups in total. The van der Waals surface area contributed by atoms with Gasteiger partial charge in [0.2, 0.25) is 5.96 Å². The summed E-state index contributed by atoms with van der Waals surface area (Å²) in [6.45, 7) is -0.0293. The van der Waals surface area contributed by atoms with Crippen LogP contribution in [0.2, 0.25) is 0 Å². The fourth-order valence-corrected chi connectivity index (χ4v) is 0.578. The molecule has 0 aliphatic rings. The molecule has 10 nitrogen and oxygen atoms in total. The first-order valence-corrected chi connectivity index (χ1v) is 4.14. The third-order valence-electron chi connectivity index (χ3n) is 1.21. The molecule has 0 saturated heterocycles. The van der Waals surface area contributed by atoms with E-state index in [1.54, 1.807) is 0 Å². The second-order valence-corrected chi connectivity index (χ2v) is 2.47. The van der Waals surface area contributed by atoms with Crippen LogP contribution in [0.25, 0.3) is 0 Å². The monoisotopic (exact) mass is 228 g/mol. The van der Waals surface area contributed by atoms with E-state index < -0.39 is 0 Å². The number of nitrogens with two attached hydrogens (primary N) is 5. The van der Waals surface area contributed by atoms with Gasteiger partial charge in [0.05, 0.1) is 0 Å². The van der Waals surface area contributed by atoms with Gasteiger partial charge in [-0.1, -0.05) is 0 Å². The molecule has 0 aromatic rings. The van der Waals surface area contributed by atoms with E-state index in [-0.39, 0.29) is 30.5 Å². The van der Waals surface area contributed by atoms with Crippen LogP contribution in [0.1, 0.15) is 0 Å². The first kappa shape index (κ1) is 13.5. The first-order valence-electron chi connectivity index (χ1n) is 4.14. The summed E-state index contributed by atoms with van der Waals surface area (Å²) < 4.78 is 0. The fourth-order valence-electron chi connectivity index (χ4n) is 0.578. The third kappa shape index (κ3) is 6.94. The molecule has 16 heavy (non-hydrogen) atoms. The lowest BCUT2D eigenvalue weighted by Crippen LogP contribution is -2.41. The van der Waals surface area contributed by atoms with Crippen LogP contribution in [-0.2, 0) is 0 Å². The minimum atomic E-state index is -0.182. The fraction of sp³-hybridized carbons (Fsp3) is 0.333. The summed E-state index contributed by atoms with van der Waals surface area (Å²) in [4.78, 5) is 14.6. The normalized spacial score (nSPS) is 13.4. The van der Waals surface area contributed by atoms with E-state index in [4.69, 9.17) is 28.7 Å². The molecule has 0 amide bonds. The van der Waals surface area contributed by atoms with Gasteiger partial charge < -0.3 is 28.7 Å². The predicted molar refractivity (Wildman–Crippen MR) is 64.6 cm³/mol. The Balaban J connectivity index is 4.23. The summed E-state index contributed by atoms with van der Waals surface area (Å²) >= 11 is 0. The van der Waals surface area contributed by atoms with Crippen LogP contribution in [0, 0.1) is 0 Å². The van der Waals surface area contributed by atoms with E-state index in [0.717, 1.165) is 0 Å². The van der Waals surface area contributed by atoms with Crippen molar-refractivity contribution in [3.63, 3.8) is 0 Å². The largest absolute Gasteiger partial charge is 0.370 e. The zero-order valence-electron chi connectivity index (χ0n) is 8.88. The Hall–Kier alpha value is -2.52. The molecule has 0 heterocycles. The van der Waals surface area contributed by atoms with Gasteiger partial charge in [0.15, 0.2) is 17.9 Å². The molecule has 0 atom stereocenters. The number of hydrogen-bond donors (Lipinski definition) is 6. The zero-order valence-corrected chi connectivity index (χ0v) is 8.88. The van der Waals surface area contributed by atoms with Crippen molar-refractivity contribution in [3.05, 3.63) is 0 Å². The van der Waals surface area contributed by atoms with Crippen LogP contribution in [0.3, 0.4) is 0 Å². The van der Waals surface area contributed by atoms with Crippen molar-refractivity contribution in [2.24, 2.45) is 48.6 Å². The lowest BCUT2D eigenvalue weighted by molar-refractivity contribution is 1.03. The first-order chi connectivity index (χ1) is 7.45. The standard InChI is InChI=1S/C6H16N10/c1-12-4(9)16-6(11)14-2-13-5(10)15-3(7)8/h2H2,1H3,(H6,7,8,10,13,15)(H5,9,11,12,14,16). The summed E-state index contributed by atoms with van der Waals surface area (Å²) in [6.07, 6.45) is 0. The third-order valence-corrected chi connectivity index (χ3v) is 1.21. The lowest BCUT2D eigenvalue weighted by atomic mass is 10.8. The topological polar surface area (TPSA) is 192 Å². The Labute approximate surface area is 92.4 Å². The van der Waals surface area contributed by atoms with Crippen molar-refractivity contribution in [2.45, 2.75) is 0 Å². The Morgan fingerprint density at radius 1 is 1.00 bits per heavy atom. The van der Waals surface area contributed by atoms with Crippen LogP contribution in [0.5, 0.6) is 0 Å². The summed E-state index contributed by atoms with van der Waals surface area (Å²) in [5.41, 5.74) is 26.2. The van der Waals surface area contributed by atoms with Crippen molar-refractivity contribution >= 4 is 23.8 Å². The van der Waals surface area contributed by atoms with Gasteiger partial charge in [0, 0.05) is 7.05 Å². The summed E-state index contributed by atoms with van der Waals surface area (Å²) in [5.74, 6) is -0.0702. The van der Waals surface area contributed by atoms with Crippen molar-refractivity contribution in [3.8, 4) is 0 Å². The number of nitrogens with one attached hydrogen (secondary N) is 1. The molecule has 0 aliphatic carbocycles. The molecule has 0 aromatic heterocycles. The van der Waals surface area contributed by atoms with Crippen LogP contribution in [0.15, 0.2) is 20.0 Å². The van der Waals surface area contributed by atoms with Crippen LogP contribution < -0.4 is 34.0 Å². The van der Waals surface area contributed by atoms with E-state index >= 15 is 0 Å². The molecule has 0 unspecified atom stereocenters. The number of guanidine groups is 4. The number of rotatable bonds is 2. The second-order valence-electron chi connectivity index (χ2n) is 2.47. The molecule has 90 valence electrons. The zero-order chi connectivity index (χ0) is 12.6. The van der Waals surface area contributed by atoms with E-state index in [1.165, 1.54) is 7.05 Å². The van der Waals surface area contributed by atoms with Crippen molar-refractivity contribution in [1.82, 2.24) is 5.32 Å². The van der Waals surface area contributed by atoms with E-state index in [2.05, 4.69) is 25.3 Å². The maximum absolute atomic E-state index is 5.42. The van der Waals surface area contributed by atoms with Crippen LogP contribution in [0.4, 0.5) is 0 Å². The van der Waals surface area contributed by atoms with Gasteiger partial charge in [-0.05, 0) is 0 Å². The summed E-state index contributed by atoms with van der Waals surface area (Å²) in [6, 6.07) is 0. The molecule has 0 aliphatic heterocycles. The predicted octanol–water partition coefficient (Wildman–Crippen LogP) is -3.62. The number of nitrogens with zero attached hydrogens (tertiary/aromatic N) is 4. The van der Waals surface area contributed by atoms with Crippen molar-refractivity contribution in [2.75, 3.05) is 13.7 Å². The van der Waals surface area contributed by atoms with Gasteiger partial charge in [-0.3, -0.25) is 10.3 Å². The Bertz CT molecular complexity index is 333. The van der Waals surface area contributed by atoms with Gasteiger partial charge in [-0.15, -0.1) is 0 Å². The maximum atomic E-state index is 5.42. The summed E-state index contributed by atoms with van der Waals surface area (Å²) in [7, 11) is 1.50. The molecule has 0 radical (unpaired) electrons. The minimum absolute atomic E-state index is 0.0293. The molecular weight excluding hydrogens is 212 g/mol. The molecule has 0 bridgehead atoms. The molecule has 0 fully saturated rings. The second kappa shape index (κ2) is 6.86. The Kier molecular flexibility index (Phi) is 5.78. The van der Waals surface area contributed by atoms with Crippen LogP contribution in [-0.4, -0.2) is 37.6 Å². The molecule has 0 spiro atoms. The quantitative estimate of drug-likeness (QED) is 0.208. The van der Waals surface area contributed by atoms with Gasteiger partial charge in [0.25, 0.3) is 0 Å².